The van der Waals surface area contributed by atoms with E-state index in [0.29, 0.717) is 0 Å². The van der Waals surface area contributed by atoms with Gasteiger partial charge in [-0.1, -0.05) is 0 Å². The van der Waals surface area contributed by atoms with E-state index < -0.39 is 6.09 Å². The molecule has 1 N–H and O–H groups in total. The van der Waals surface area contributed by atoms with Gasteiger partial charge in [0.1, 0.15) is 0 Å². The predicted octanol–water partition coefficient (Wildman–Crippen LogP) is 0.224. The molecule has 0 atom stereocenters. The summed E-state index contributed by atoms with van der Waals surface area (Å²) in [6.07, 6.45) is -0.907. The van der Waals surface area contributed by atoms with Crippen molar-refractivity contribution in [2.45, 2.75) is 0 Å². The summed E-state index contributed by atoms with van der Waals surface area (Å²) < 4.78 is 0. The summed E-state index contributed by atoms with van der Waals surface area (Å²) in [4.78, 5) is 10.7. The fourth-order valence-electron chi connectivity index (χ4n) is 0. The Hall–Kier alpha value is -0.236. The van der Waals surface area contributed by atoms with E-state index in [9.17, 15) is 4.79 Å². The van der Waals surface area contributed by atoms with Crippen LogP contribution in [0.4, 0.5) is 4.79 Å². The normalized spacial score (nSPS) is 6.57. The minimum Gasteiger partial charge on any atom is -0.465 e. The first-order valence-corrected chi connectivity index (χ1v) is 1.55. The van der Waals surface area contributed by atoms with E-state index in [1.165, 1.54) is 14.1 Å². The maximum Gasteiger partial charge on any atom is 0.406 e. The summed E-state index contributed by atoms with van der Waals surface area (Å²) in [7, 11) is 2.95. The molecule has 0 saturated carbocycles. The first kappa shape index (κ1) is 9.90. The average molecular weight is 148 g/mol. The molecule has 0 spiro atoms. The molecule has 0 heterocycles. The second kappa shape index (κ2) is 3.94. The molecule has 1 amide bonds. The summed E-state index contributed by atoms with van der Waals surface area (Å²) in [5.41, 5.74) is 0. The zero-order chi connectivity index (χ0) is 5.15. The smallest absolute Gasteiger partial charge is 0.406 e. The number of rotatable bonds is 0. The molecule has 0 aliphatic heterocycles. The third-order valence-electron chi connectivity index (χ3n) is 0.383. The Morgan fingerprint density at radius 1 is 1.57 bits per heavy atom. The van der Waals surface area contributed by atoms with Crippen LogP contribution in [0.25, 0.3) is 0 Å². The number of hydrogen-bond acceptors (Lipinski definition) is 1. The van der Waals surface area contributed by atoms with Gasteiger partial charge in [-0.15, -0.1) is 0 Å². The maximum absolute atomic E-state index is 9.62. The summed E-state index contributed by atoms with van der Waals surface area (Å²) in [6, 6.07) is 0. The molecule has 0 bridgehead atoms. The Morgan fingerprint density at radius 2 is 1.71 bits per heavy atom. The molecule has 0 aromatic rings. The molecular formula is C3H7NNiO2. The molecule has 3 nitrogen and oxygen atoms in total. The van der Waals surface area contributed by atoms with Gasteiger partial charge in [0.05, 0.1) is 0 Å². The molecule has 4 heteroatoms. The van der Waals surface area contributed by atoms with Crippen LogP contribution in [0.3, 0.4) is 0 Å². The van der Waals surface area contributed by atoms with Crippen LogP contribution >= 0.6 is 0 Å². The topological polar surface area (TPSA) is 40.5 Å². The second-order valence-electron chi connectivity index (χ2n) is 1.18. The van der Waals surface area contributed by atoms with E-state index in [2.05, 4.69) is 0 Å². The predicted molar refractivity (Wildman–Crippen MR) is 21.7 cm³/mol. The minimum absolute atomic E-state index is 0. The summed E-state index contributed by atoms with van der Waals surface area (Å²) >= 11 is 0. The molecule has 0 aliphatic carbocycles. The quantitative estimate of drug-likeness (QED) is 0.499. The van der Waals surface area contributed by atoms with Crippen molar-refractivity contribution in [3.63, 3.8) is 0 Å². The molecule has 0 unspecified atom stereocenters. The fourth-order valence-corrected chi connectivity index (χ4v) is 0. The number of hydrogen-bond donors (Lipinski definition) is 1. The Kier molecular flexibility index (Phi) is 5.57. The number of carboxylic acid groups (broad SMARTS) is 1. The zero-order valence-corrected chi connectivity index (χ0v) is 5.11. The SMILES string of the molecule is CN(C)C(=O)O.[Ni]. The minimum atomic E-state index is -0.907. The molecule has 46 valence electrons. The molecule has 0 saturated heterocycles. The van der Waals surface area contributed by atoms with Crippen LogP contribution < -0.4 is 0 Å². The van der Waals surface area contributed by atoms with Crippen molar-refractivity contribution in [1.82, 2.24) is 4.90 Å². The molecule has 0 aromatic carbocycles. The number of nitrogens with zero attached hydrogens (tertiary/aromatic N) is 1. The average Bonchev–Trinajstić information content (AvgIpc) is 1.36. The third kappa shape index (κ3) is 5.76. The molecular weight excluding hydrogens is 141 g/mol. The van der Waals surface area contributed by atoms with Gasteiger partial charge >= 0.3 is 6.09 Å². The molecule has 0 rings (SSSR count). The second-order valence-corrected chi connectivity index (χ2v) is 1.18. The standard InChI is InChI=1S/C3H7NO2.Ni/c1-4(2)3(5)6;/h1-2H3,(H,5,6);. The van der Waals surface area contributed by atoms with Crippen LogP contribution in [-0.2, 0) is 16.5 Å². The van der Waals surface area contributed by atoms with Crippen molar-refractivity contribution in [3.8, 4) is 0 Å². The van der Waals surface area contributed by atoms with Crippen LogP contribution in [0.2, 0.25) is 0 Å². The fraction of sp³-hybridized carbons (Fsp3) is 0.667. The van der Waals surface area contributed by atoms with Crippen molar-refractivity contribution in [2.24, 2.45) is 0 Å². The van der Waals surface area contributed by atoms with E-state index in [-0.39, 0.29) is 16.5 Å². The van der Waals surface area contributed by atoms with Crippen molar-refractivity contribution in [1.29, 1.82) is 0 Å². The van der Waals surface area contributed by atoms with Gasteiger partial charge in [0, 0.05) is 30.6 Å². The molecule has 0 fully saturated rings. The monoisotopic (exact) mass is 147 g/mol. The summed E-state index contributed by atoms with van der Waals surface area (Å²) in [6.45, 7) is 0. The van der Waals surface area contributed by atoms with Crippen molar-refractivity contribution >= 4 is 6.09 Å². The van der Waals surface area contributed by atoms with E-state index in [1.807, 2.05) is 0 Å². The van der Waals surface area contributed by atoms with Crippen LogP contribution in [0.1, 0.15) is 0 Å². The Bertz CT molecular complexity index is 64.0. The molecule has 0 radical (unpaired) electrons. The first-order valence-electron chi connectivity index (χ1n) is 1.55. The van der Waals surface area contributed by atoms with E-state index >= 15 is 0 Å². The van der Waals surface area contributed by atoms with Crippen molar-refractivity contribution in [3.05, 3.63) is 0 Å². The van der Waals surface area contributed by atoms with Gasteiger partial charge in [-0.05, 0) is 0 Å². The Morgan fingerprint density at radius 3 is 1.71 bits per heavy atom. The van der Waals surface area contributed by atoms with E-state index in [0.717, 1.165) is 4.90 Å². The van der Waals surface area contributed by atoms with Gasteiger partial charge in [-0.25, -0.2) is 4.79 Å². The Labute approximate surface area is 52.2 Å². The van der Waals surface area contributed by atoms with Crippen LogP contribution in [-0.4, -0.2) is 30.2 Å². The largest absolute Gasteiger partial charge is 0.465 e. The molecule has 0 aliphatic rings. The van der Waals surface area contributed by atoms with Crippen LogP contribution in [0.15, 0.2) is 0 Å². The van der Waals surface area contributed by atoms with Crippen LogP contribution in [0.5, 0.6) is 0 Å². The van der Waals surface area contributed by atoms with Crippen molar-refractivity contribution < 1.29 is 26.4 Å². The van der Waals surface area contributed by atoms with Gasteiger partial charge in [0.15, 0.2) is 0 Å². The van der Waals surface area contributed by atoms with Gasteiger partial charge in [-0.3, -0.25) is 0 Å². The van der Waals surface area contributed by atoms with Crippen LogP contribution in [0, 0.1) is 0 Å². The number of carbonyl (C=O) groups is 1. The van der Waals surface area contributed by atoms with Gasteiger partial charge in [0.25, 0.3) is 0 Å². The van der Waals surface area contributed by atoms with Gasteiger partial charge in [-0.2, -0.15) is 0 Å². The maximum atomic E-state index is 9.62. The zero-order valence-electron chi connectivity index (χ0n) is 4.12. The molecule has 0 aromatic heterocycles. The third-order valence-corrected chi connectivity index (χ3v) is 0.383. The Balaban J connectivity index is 0. The number of amides is 1. The van der Waals surface area contributed by atoms with E-state index in [4.69, 9.17) is 5.11 Å². The van der Waals surface area contributed by atoms with Gasteiger partial charge in [0.2, 0.25) is 0 Å². The first-order chi connectivity index (χ1) is 2.64. The van der Waals surface area contributed by atoms with E-state index in [1.54, 1.807) is 0 Å². The molecule has 7 heavy (non-hydrogen) atoms. The summed E-state index contributed by atoms with van der Waals surface area (Å²) in [5, 5.41) is 7.92. The van der Waals surface area contributed by atoms with Crippen molar-refractivity contribution in [2.75, 3.05) is 14.1 Å². The summed E-state index contributed by atoms with van der Waals surface area (Å²) in [5.74, 6) is 0. The van der Waals surface area contributed by atoms with Gasteiger partial charge < -0.3 is 10.0 Å².